The van der Waals surface area contributed by atoms with Crippen LogP contribution in [0.2, 0.25) is 57.9 Å². The summed E-state index contributed by atoms with van der Waals surface area (Å²) in [7, 11) is -9.90. The fourth-order valence-electron chi connectivity index (χ4n) is 3.60. The van der Waals surface area contributed by atoms with Crippen LogP contribution >= 0.6 is 0 Å². The van der Waals surface area contributed by atoms with Crippen molar-refractivity contribution in [3.05, 3.63) is 0 Å². The predicted octanol–water partition coefficient (Wildman–Crippen LogP) is 3.61. The van der Waals surface area contributed by atoms with E-state index in [1.165, 1.54) is 7.11 Å². The Hall–Kier alpha value is 0.861. The molecule has 2 N–H and O–H groups in total. The van der Waals surface area contributed by atoms with Gasteiger partial charge in [-0.15, -0.1) is 0 Å². The van der Waals surface area contributed by atoms with Crippen LogP contribution in [0.25, 0.3) is 0 Å². The molecule has 0 rings (SSSR count). The summed E-state index contributed by atoms with van der Waals surface area (Å²) >= 11 is 0. The zero-order valence-electron chi connectivity index (χ0n) is 24.2. The van der Waals surface area contributed by atoms with Crippen LogP contribution < -0.4 is 5.73 Å². The average Bonchev–Trinajstić information content (AvgIpc) is 2.74. The molecule has 2 unspecified atom stereocenters. The maximum Gasteiger partial charge on any atom is 0.653 e. The van der Waals surface area contributed by atoms with E-state index in [1.54, 1.807) is 28.4 Å². The van der Waals surface area contributed by atoms with Crippen molar-refractivity contribution in [1.29, 1.82) is 0 Å². The Kier molecular flexibility index (Phi) is 15.2. The molecule has 0 amide bonds. The van der Waals surface area contributed by atoms with Gasteiger partial charge in [-0.25, -0.2) is 0 Å². The highest BCUT2D eigenvalue weighted by Crippen LogP contribution is 2.32. The molecule has 0 aromatic rings. The van der Waals surface area contributed by atoms with Gasteiger partial charge >= 0.3 is 52.1 Å². The highest BCUT2D eigenvalue weighted by Gasteiger charge is 2.61. The first-order valence-corrected chi connectivity index (χ1v) is 26.5. The second-order valence-electron chi connectivity index (χ2n) is 9.69. The highest BCUT2D eigenvalue weighted by atomic mass is 28.5. The van der Waals surface area contributed by atoms with E-state index in [0.29, 0.717) is 19.0 Å². The topological polar surface area (TPSA) is 118 Å². The van der Waals surface area contributed by atoms with Gasteiger partial charge in [0.05, 0.1) is 0 Å². The summed E-state index contributed by atoms with van der Waals surface area (Å²) in [5.74, 6) is 0. The minimum absolute atomic E-state index is 0.466. The number of rotatable bonds is 20. The van der Waals surface area contributed by atoms with Crippen LogP contribution in [0.3, 0.4) is 0 Å². The fourth-order valence-corrected chi connectivity index (χ4v) is 27.3. The van der Waals surface area contributed by atoms with Crippen LogP contribution in [0, 0.1) is 0 Å². The summed E-state index contributed by atoms with van der Waals surface area (Å²) in [6.07, 6.45) is 1.52. The van der Waals surface area contributed by atoms with Crippen molar-refractivity contribution in [3.63, 3.8) is 0 Å². The molecule has 2 atom stereocenters. The van der Waals surface area contributed by atoms with Gasteiger partial charge in [-0.05, 0) is 64.8 Å². The molecule has 0 aliphatic rings. The molecule has 212 valence electrons. The molecule has 0 aromatic carbocycles. The van der Waals surface area contributed by atoms with Gasteiger partial charge in [0.25, 0.3) is 0 Å². The van der Waals surface area contributed by atoms with E-state index in [1.807, 2.05) is 45.8 Å². The monoisotopic (exact) mass is 609 g/mol. The lowest BCUT2D eigenvalue weighted by Gasteiger charge is -2.44. The maximum atomic E-state index is 6.66. The highest BCUT2D eigenvalue weighted by molar-refractivity contribution is 6.88. The van der Waals surface area contributed by atoms with Crippen LogP contribution in [-0.2, 0) is 42.7 Å². The molecule has 0 saturated heterocycles. The largest absolute Gasteiger partial charge is 0.653 e. The summed E-state index contributed by atoms with van der Waals surface area (Å²) in [6.45, 7) is 16.3. The zero-order valence-corrected chi connectivity index (χ0v) is 30.2. The summed E-state index contributed by atoms with van der Waals surface area (Å²) in [5, 5.41) is 0. The van der Waals surface area contributed by atoms with Crippen molar-refractivity contribution >= 4 is 52.1 Å². The van der Waals surface area contributed by atoms with Gasteiger partial charge in [-0.2, -0.15) is 0 Å². The Morgan fingerprint density at radius 2 is 1.06 bits per heavy atom. The predicted molar refractivity (Wildman–Crippen MR) is 150 cm³/mol. The first-order chi connectivity index (χ1) is 16.0. The Bertz CT molecular complexity index is 616. The second-order valence-corrected chi connectivity index (χ2v) is 29.8. The number of nitrogens with two attached hydrogens (primary N) is 1. The molecule has 0 radical (unpaired) electrons. The van der Waals surface area contributed by atoms with Gasteiger partial charge in [0.1, 0.15) is 0 Å². The summed E-state index contributed by atoms with van der Waals surface area (Å²) in [4.78, 5) is 0. The van der Waals surface area contributed by atoms with Crippen molar-refractivity contribution in [3.8, 4) is 0 Å². The minimum atomic E-state index is -3.90. The molecular weight excluding hydrogens is 559 g/mol. The lowest BCUT2D eigenvalue weighted by molar-refractivity contribution is 0.0407. The smallest absolute Gasteiger partial charge is 0.416 e. The van der Waals surface area contributed by atoms with Gasteiger partial charge < -0.3 is 48.4 Å². The molecule has 17 heteroatoms. The van der Waals surface area contributed by atoms with Crippen molar-refractivity contribution in [2.24, 2.45) is 5.73 Å². The standard InChI is InChI=1S/C18H51NO10Si6/c1-14-17-33(13,21-3)28-35(24-6,29-34(22-4,23-5)18-15-16-19)27-32(11,12)26-31(9,10)25-30(7,8)20-2/h14-19H2,1-13H3. The SMILES string of the molecule is CCC[Si](C)(OC)O[Si](OC)(O[Si](C)(C)O[Si](C)(C)O[Si](C)(C)OC)O[Si](CCCN)(OC)OC. The van der Waals surface area contributed by atoms with Crippen LogP contribution in [-0.4, -0.2) is 94.2 Å². The van der Waals surface area contributed by atoms with Gasteiger partial charge in [0.2, 0.25) is 0 Å². The van der Waals surface area contributed by atoms with Crippen molar-refractivity contribution in [2.45, 2.75) is 77.7 Å². The molecular formula is C18H51NO10Si6. The second kappa shape index (κ2) is 14.9. The van der Waals surface area contributed by atoms with Gasteiger partial charge in [-0.1, -0.05) is 13.3 Å². The molecule has 0 aromatic heterocycles. The van der Waals surface area contributed by atoms with Crippen LogP contribution in [0.5, 0.6) is 0 Å². The van der Waals surface area contributed by atoms with Gasteiger partial charge in [0, 0.05) is 41.6 Å². The summed E-state index contributed by atoms with van der Waals surface area (Å²) < 4.78 is 61.8. The van der Waals surface area contributed by atoms with Crippen molar-refractivity contribution in [1.82, 2.24) is 0 Å². The number of hydrogen-bond donors (Lipinski definition) is 1. The Morgan fingerprint density at radius 1 is 0.543 bits per heavy atom. The molecule has 35 heavy (non-hydrogen) atoms. The molecule has 0 saturated carbocycles. The normalized spacial score (nSPS) is 17.3. The number of hydrogen-bond acceptors (Lipinski definition) is 11. The molecule has 0 bridgehead atoms. The van der Waals surface area contributed by atoms with E-state index in [2.05, 4.69) is 6.92 Å². The lowest BCUT2D eigenvalue weighted by atomic mass is 10.5. The average molecular weight is 610 g/mol. The quantitative estimate of drug-likeness (QED) is 0.204. The Balaban J connectivity index is 6.32. The molecule has 0 fully saturated rings. The van der Waals surface area contributed by atoms with Crippen molar-refractivity contribution < 1.29 is 42.7 Å². The van der Waals surface area contributed by atoms with Gasteiger partial charge in [-0.3, -0.25) is 0 Å². The van der Waals surface area contributed by atoms with E-state index in [9.17, 15) is 0 Å². The minimum Gasteiger partial charge on any atom is -0.416 e. The van der Waals surface area contributed by atoms with E-state index in [4.69, 9.17) is 48.4 Å². The molecule has 0 heterocycles. The summed E-state index contributed by atoms with van der Waals surface area (Å²) in [5.41, 5.74) is 5.77. The van der Waals surface area contributed by atoms with E-state index in [-0.39, 0.29) is 0 Å². The summed E-state index contributed by atoms with van der Waals surface area (Å²) in [6, 6.07) is 1.21. The third-order valence-corrected chi connectivity index (χ3v) is 26.9. The van der Waals surface area contributed by atoms with E-state index in [0.717, 1.165) is 12.5 Å². The van der Waals surface area contributed by atoms with Crippen molar-refractivity contribution in [2.75, 3.05) is 42.1 Å². The molecule has 0 aliphatic carbocycles. The molecule has 0 aliphatic heterocycles. The Labute approximate surface area is 220 Å². The lowest BCUT2D eigenvalue weighted by Crippen LogP contribution is -2.68. The van der Waals surface area contributed by atoms with Gasteiger partial charge in [0.15, 0.2) is 0 Å². The first kappa shape index (κ1) is 35.9. The third-order valence-electron chi connectivity index (χ3n) is 5.16. The zero-order chi connectivity index (χ0) is 27.6. The molecule has 11 nitrogen and oxygen atoms in total. The maximum absolute atomic E-state index is 6.66. The van der Waals surface area contributed by atoms with Crippen LogP contribution in [0.1, 0.15) is 19.8 Å². The van der Waals surface area contributed by atoms with E-state index >= 15 is 0 Å². The van der Waals surface area contributed by atoms with Crippen LogP contribution in [0.4, 0.5) is 0 Å². The van der Waals surface area contributed by atoms with E-state index < -0.39 is 52.1 Å². The Morgan fingerprint density at radius 3 is 1.46 bits per heavy atom. The third kappa shape index (κ3) is 12.5. The van der Waals surface area contributed by atoms with Crippen LogP contribution in [0.15, 0.2) is 0 Å². The first-order valence-electron chi connectivity index (χ1n) is 11.9. The fraction of sp³-hybridized carbons (Fsp3) is 1.00. The molecule has 0 spiro atoms.